The molecule has 3 amide bonds. The van der Waals surface area contributed by atoms with Crippen LogP contribution in [0, 0.1) is 5.41 Å². The van der Waals surface area contributed by atoms with E-state index in [1.807, 2.05) is 20.8 Å². The molecule has 0 unspecified atom stereocenters. The number of carbonyl (C=O) groups excluding carboxylic acids is 3. The van der Waals surface area contributed by atoms with Crippen LogP contribution >= 0.6 is 0 Å². The van der Waals surface area contributed by atoms with Crippen molar-refractivity contribution in [3.05, 3.63) is 0 Å². The predicted octanol–water partition coefficient (Wildman–Crippen LogP) is 2.49. The Morgan fingerprint density at radius 2 is 1.58 bits per heavy atom. The highest BCUT2D eigenvalue weighted by Gasteiger charge is 2.37. The highest BCUT2D eigenvalue weighted by atomic mass is 16.6. The summed E-state index contributed by atoms with van der Waals surface area (Å²) in [6.45, 7) is 9.20. The maximum absolute atomic E-state index is 12.6. The number of rotatable bonds is 6. The molecular weight excluding hydrogens is 334 g/mol. The van der Waals surface area contributed by atoms with Gasteiger partial charge in [-0.25, -0.2) is 4.79 Å². The number of hydrogen-bond donors (Lipinski definition) is 3. The van der Waals surface area contributed by atoms with Gasteiger partial charge in [0.15, 0.2) is 0 Å². The molecule has 1 saturated carbocycles. The normalized spacial score (nSPS) is 17.2. The average molecular weight is 370 g/mol. The van der Waals surface area contributed by atoms with Gasteiger partial charge in [0, 0.05) is 20.0 Å². The summed E-state index contributed by atoms with van der Waals surface area (Å²) in [6, 6.07) is 0. The molecule has 1 aliphatic rings. The summed E-state index contributed by atoms with van der Waals surface area (Å²) in [7, 11) is 1.55. The zero-order valence-corrected chi connectivity index (χ0v) is 17.1. The molecule has 0 spiro atoms. The lowest BCUT2D eigenvalue weighted by Gasteiger charge is -2.38. The van der Waals surface area contributed by atoms with Crippen molar-refractivity contribution in [3.8, 4) is 0 Å². The number of likely N-dealkylation sites (N-methyl/N-ethyl adjacent to an activating group) is 1. The Balaban J connectivity index is 2.72. The van der Waals surface area contributed by atoms with Crippen molar-refractivity contribution in [2.75, 3.05) is 13.6 Å². The molecule has 0 aromatic rings. The first-order valence-corrected chi connectivity index (χ1v) is 9.39. The summed E-state index contributed by atoms with van der Waals surface area (Å²) in [4.78, 5) is 36.5. The smallest absolute Gasteiger partial charge is 0.407 e. The average Bonchev–Trinajstić information content (AvgIpc) is 2.50. The number of ether oxygens (including phenoxy) is 1. The Bertz CT molecular complexity index is 517. The van der Waals surface area contributed by atoms with E-state index >= 15 is 0 Å². The molecule has 1 fully saturated rings. The van der Waals surface area contributed by atoms with Gasteiger partial charge in [-0.2, -0.15) is 0 Å². The fraction of sp³-hybridized carbons (Fsp3) is 0.842. The van der Waals surface area contributed by atoms with Crippen LogP contribution in [0.15, 0.2) is 0 Å². The van der Waals surface area contributed by atoms with Gasteiger partial charge in [-0.05, 0) is 52.9 Å². The fourth-order valence-electron chi connectivity index (χ4n) is 3.39. The number of amides is 3. The van der Waals surface area contributed by atoms with Gasteiger partial charge < -0.3 is 20.7 Å². The van der Waals surface area contributed by atoms with Gasteiger partial charge in [0.1, 0.15) is 11.1 Å². The Kier molecular flexibility index (Phi) is 7.47. The molecule has 0 saturated heterocycles. The van der Waals surface area contributed by atoms with Gasteiger partial charge in [-0.3, -0.25) is 9.59 Å². The summed E-state index contributed by atoms with van der Waals surface area (Å²) in [5, 5.41) is 8.20. The fourth-order valence-corrected chi connectivity index (χ4v) is 3.39. The molecule has 0 aromatic carbocycles. The molecule has 26 heavy (non-hydrogen) atoms. The van der Waals surface area contributed by atoms with Crippen molar-refractivity contribution in [2.24, 2.45) is 5.41 Å². The van der Waals surface area contributed by atoms with Crippen molar-refractivity contribution in [1.29, 1.82) is 0 Å². The molecule has 0 heterocycles. The Morgan fingerprint density at radius 1 is 1.00 bits per heavy atom. The van der Waals surface area contributed by atoms with E-state index in [2.05, 4.69) is 16.0 Å². The molecule has 7 heteroatoms. The molecule has 0 atom stereocenters. The van der Waals surface area contributed by atoms with Gasteiger partial charge >= 0.3 is 6.09 Å². The second-order valence-corrected chi connectivity index (χ2v) is 8.85. The van der Waals surface area contributed by atoms with Crippen molar-refractivity contribution in [2.45, 2.75) is 84.3 Å². The van der Waals surface area contributed by atoms with E-state index in [0.717, 1.165) is 32.1 Å². The van der Waals surface area contributed by atoms with Crippen LogP contribution in [0.2, 0.25) is 0 Å². The minimum absolute atomic E-state index is 0.175. The zero-order chi connectivity index (χ0) is 20.0. The van der Waals surface area contributed by atoms with E-state index < -0.39 is 17.2 Å². The number of hydrogen-bond acceptors (Lipinski definition) is 4. The van der Waals surface area contributed by atoms with Crippen LogP contribution in [0.5, 0.6) is 0 Å². The minimum Gasteiger partial charge on any atom is -0.444 e. The van der Waals surface area contributed by atoms with E-state index in [9.17, 15) is 14.4 Å². The van der Waals surface area contributed by atoms with E-state index in [-0.39, 0.29) is 23.7 Å². The van der Waals surface area contributed by atoms with Gasteiger partial charge in [0.25, 0.3) is 0 Å². The first kappa shape index (κ1) is 22.3. The molecule has 0 aliphatic heterocycles. The number of carbonyl (C=O) groups is 3. The van der Waals surface area contributed by atoms with Crippen LogP contribution in [-0.2, 0) is 14.3 Å². The SMILES string of the molecule is CNC(=O)C(C)(C)NC(=O)CC1(CNC(=O)OC(C)(C)C)CCCCC1. The van der Waals surface area contributed by atoms with Crippen LogP contribution in [0.3, 0.4) is 0 Å². The van der Waals surface area contributed by atoms with Gasteiger partial charge in [-0.15, -0.1) is 0 Å². The topological polar surface area (TPSA) is 96.5 Å². The minimum atomic E-state index is -0.972. The lowest BCUT2D eigenvalue weighted by Crippen LogP contribution is -2.55. The van der Waals surface area contributed by atoms with E-state index in [4.69, 9.17) is 4.74 Å². The molecule has 1 rings (SSSR count). The molecular formula is C19H35N3O4. The van der Waals surface area contributed by atoms with Crippen molar-refractivity contribution in [1.82, 2.24) is 16.0 Å². The van der Waals surface area contributed by atoms with Gasteiger partial charge in [-0.1, -0.05) is 19.3 Å². The first-order chi connectivity index (χ1) is 11.9. The van der Waals surface area contributed by atoms with Crippen LogP contribution in [0.1, 0.15) is 73.1 Å². The largest absolute Gasteiger partial charge is 0.444 e. The van der Waals surface area contributed by atoms with Gasteiger partial charge in [0.05, 0.1) is 0 Å². The summed E-state index contributed by atoms with van der Waals surface area (Å²) in [6.07, 6.45) is 4.76. The molecule has 3 N–H and O–H groups in total. The second-order valence-electron chi connectivity index (χ2n) is 8.85. The summed E-state index contributed by atoms with van der Waals surface area (Å²) < 4.78 is 5.30. The summed E-state index contributed by atoms with van der Waals surface area (Å²) in [5.41, 5.74) is -1.82. The molecule has 150 valence electrons. The lowest BCUT2D eigenvalue weighted by molar-refractivity contribution is -0.133. The molecule has 7 nitrogen and oxygen atoms in total. The lowest BCUT2D eigenvalue weighted by atomic mass is 9.71. The molecule has 0 aromatic heterocycles. The molecule has 1 aliphatic carbocycles. The maximum atomic E-state index is 12.6. The third-order valence-electron chi connectivity index (χ3n) is 4.70. The van der Waals surface area contributed by atoms with Crippen molar-refractivity contribution >= 4 is 17.9 Å². The number of alkyl carbamates (subject to hydrolysis) is 1. The predicted molar refractivity (Wildman–Crippen MR) is 101 cm³/mol. The van der Waals surface area contributed by atoms with Crippen LogP contribution in [-0.4, -0.2) is 42.6 Å². The number of nitrogens with one attached hydrogen (secondary N) is 3. The third-order valence-corrected chi connectivity index (χ3v) is 4.70. The van der Waals surface area contributed by atoms with Crippen LogP contribution < -0.4 is 16.0 Å². The van der Waals surface area contributed by atoms with Crippen LogP contribution in [0.4, 0.5) is 4.79 Å². The van der Waals surface area contributed by atoms with E-state index in [1.165, 1.54) is 0 Å². The zero-order valence-electron chi connectivity index (χ0n) is 17.1. The highest BCUT2D eigenvalue weighted by molar-refractivity contribution is 5.90. The van der Waals surface area contributed by atoms with E-state index in [0.29, 0.717) is 6.54 Å². The monoisotopic (exact) mass is 369 g/mol. The van der Waals surface area contributed by atoms with E-state index in [1.54, 1.807) is 20.9 Å². The van der Waals surface area contributed by atoms with Crippen molar-refractivity contribution < 1.29 is 19.1 Å². The standard InChI is InChI=1S/C19H35N3O4/c1-17(2,3)26-16(25)21-13-19(10-8-7-9-11-19)12-14(23)22-18(4,5)15(24)20-6/h7-13H2,1-6H3,(H,20,24)(H,21,25)(H,22,23). The molecule has 0 bridgehead atoms. The van der Waals surface area contributed by atoms with Gasteiger partial charge in [0.2, 0.25) is 11.8 Å². The van der Waals surface area contributed by atoms with Crippen LogP contribution in [0.25, 0.3) is 0 Å². The Hall–Kier alpha value is -1.79. The Labute approximate surface area is 157 Å². The second kappa shape index (κ2) is 8.73. The summed E-state index contributed by atoms with van der Waals surface area (Å²) >= 11 is 0. The quantitative estimate of drug-likeness (QED) is 0.670. The third kappa shape index (κ3) is 7.22. The highest BCUT2D eigenvalue weighted by Crippen LogP contribution is 2.39. The van der Waals surface area contributed by atoms with Crippen molar-refractivity contribution in [3.63, 3.8) is 0 Å². The molecule has 0 radical (unpaired) electrons. The maximum Gasteiger partial charge on any atom is 0.407 e. The summed E-state index contributed by atoms with van der Waals surface area (Å²) in [5.74, 6) is -0.415. The first-order valence-electron chi connectivity index (χ1n) is 9.39. The Morgan fingerprint density at radius 3 is 2.08 bits per heavy atom.